The molecule has 8 heteroatoms. The van der Waals surface area contributed by atoms with E-state index in [2.05, 4.69) is 26.2 Å². The van der Waals surface area contributed by atoms with Gasteiger partial charge in [0.25, 0.3) is 5.91 Å². The van der Waals surface area contributed by atoms with E-state index < -0.39 is 11.9 Å². The number of hydrogen-bond donors (Lipinski definition) is 3. The highest BCUT2D eigenvalue weighted by atomic mass is 79.9. The van der Waals surface area contributed by atoms with Gasteiger partial charge in [-0.3, -0.25) is 4.79 Å². The van der Waals surface area contributed by atoms with Crippen molar-refractivity contribution in [1.29, 1.82) is 0 Å². The number of carbonyl (C=O) groups is 2. The fraction of sp³-hybridized carbons (Fsp3) is 0.154. The number of aromatic carboxylic acids is 1. The molecule has 0 saturated heterocycles. The van der Waals surface area contributed by atoms with Gasteiger partial charge in [-0.1, -0.05) is 0 Å². The molecule has 1 unspecified atom stereocenters. The molecule has 1 aromatic heterocycles. The van der Waals surface area contributed by atoms with E-state index in [1.165, 1.54) is 17.4 Å². The number of aromatic nitrogens is 1. The van der Waals surface area contributed by atoms with Gasteiger partial charge in [0.1, 0.15) is 10.7 Å². The number of rotatable bonds is 4. The summed E-state index contributed by atoms with van der Waals surface area (Å²) in [5.74, 6) is -1.48. The van der Waals surface area contributed by atoms with Crippen molar-refractivity contribution in [2.24, 2.45) is 5.73 Å². The lowest BCUT2D eigenvalue weighted by Gasteiger charge is -2.06. The highest BCUT2D eigenvalue weighted by molar-refractivity contribution is 9.10. The van der Waals surface area contributed by atoms with Crippen molar-refractivity contribution >= 4 is 44.8 Å². The Bertz CT molecular complexity index is 700. The maximum absolute atomic E-state index is 12.0. The third-order valence-electron chi connectivity index (χ3n) is 2.60. The maximum Gasteiger partial charge on any atom is 0.336 e. The van der Waals surface area contributed by atoms with Gasteiger partial charge in [0, 0.05) is 15.5 Å². The summed E-state index contributed by atoms with van der Waals surface area (Å²) in [5.41, 5.74) is 6.41. The molecule has 0 radical (unpaired) electrons. The number of nitrogens with zero attached hydrogens (tertiary/aromatic N) is 1. The van der Waals surface area contributed by atoms with Crippen molar-refractivity contribution in [2.45, 2.75) is 13.0 Å². The summed E-state index contributed by atoms with van der Waals surface area (Å²) < 4.78 is 0.445. The Morgan fingerprint density at radius 3 is 2.76 bits per heavy atom. The van der Waals surface area contributed by atoms with Gasteiger partial charge in [-0.15, -0.1) is 11.3 Å². The average molecular weight is 370 g/mol. The fourth-order valence-corrected chi connectivity index (χ4v) is 2.74. The summed E-state index contributed by atoms with van der Waals surface area (Å²) in [6.45, 7) is 1.79. The molecule has 0 aliphatic rings. The van der Waals surface area contributed by atoms with Crippen LogP contribution in [-0.4, -0.2) is 22.0 Å². The Balaban J connectivity index is 2.19. The van der Waals surface area contributed by atoms with Crippen LogP contribution in [-0.2, 0) is 0 Å². The third-order valence-corrected chi connectivity index (χ3v) is 4.34. The second-order valence-electron chi connectivity index (χ2n) is 4.31. The summed E-state index contributed by atoms with van der Waals surface area (Å²) in [7, 11) is 0. The van der Waals surface area contributed by atoms with Crippen LogP contribution in [0.25, 0.3) is 0 Å². The molecule has 4 N–H and O–H groups in total. The Morgan fingerprint density at radius 2 is 2.19 bits per heavy atom. The van der Waals surface area contributed by atoms with E-state index in [1.807, 2.05) is 0 Å². The summed E-state index contributed by atoms with van der Waals surface area (Å²) in [5, 5.41) is 13.9. The first kappa shape index (κ1) is 15.6. The zero-order valence-electron chi connectivity index (χ0n) is 11.0. The van der Waals surface area contributed by atoms with Gasteiger partial charge in [-0.05, 0) is 41.1 Å². The van der Waals surface area contributed by atoms with Crippen LogP contribution in [0.2, 0.25) is 0 Å². The number of carboxylic acids is 1. The second-order valence-corrected chi connectivity index (χ2v) is 6.06. The van der Waals surface area contributed by atoms with Gasteiger partial charge in [0.05, 0.1) is 11.6 Å². The van der Waals surface area contributed by atoms with Crippen molar-refractivity contribution in [3.63, 3.8) is 0 Å². The minimum absolute atomic E-state index is 0.0716. The summed E-state index contributed by atoms with van der Waals surface area (Å²) in [4.78, 5) is 27.2. The third kappa shape index (κ3) is 3.66. The van der Waals surface area contributed by atoms with E-state index in [0.717, 1.165) is 0 Å². The molecule has 0 aliphatic carbocycles. The van der Waals surface area contributed by atoms with Crippen LogP contribution in [0.3, 0.4) is 0 Å². The second kappa shape index (κ2) is 6.33. The molecule has 1 aromatic carbocycles. The Kier molecular flexibility index (Phi) is 4.71. The number of amides is 1. The molecule has 0 bridgehead atoms. The molecule has 0 spiro atoms. The number of hydrogen-bond acceptors (Lipinski definition) is 5. The van der Waals surface area contributed by atoms with Crippen molar-refractivity contribution in [3.8, 4) is 0 Å². The predicted molar refractivity (Wildman–Crippen MR) is 83.8 cm³/mol. The zero-order valence-corrected chi connectivity index (χ0v) is 13.4. The lowest BCUT2D eigenvalue weighted by atomic mass is 10.2. The number of nitrogens with one attached hydrogen (secondary N) is 1. The molecule has 21 heavy (non-hydrogen) atoms. The van der Waals surface area contributed by atoms with Crippen molar-refractivity contribution < 1.29 is 14.7 Å². The Morgan fingerprint density at radius 1 is 1.48 bits per heavy atom. The fourth-order valence-electron chi connectivity index (χ4n) is 1.56. The van der Waals surface area contributed by atoms with E-state index in [1.54, 1.807) is 24.4 Å². The van der Waals surface area contributed by atoms with E-state index in [4.69, 9.17) is 10.8 Å². The van der Waals surface area contributed by atoms with Crippen molar-refractivity contribution in [3.05, 3.63) is 44.3 Å². The molecule has 0 fully saturated rings. The molecular weight excluding hydrogens is 358 g/mol. The van der Waals surface area contributed by atoms with Gasteiger partial charge in [0.15, 0.2) is 0 Å². The predicted octanol–water partition coefficient (Wildman–Crippen LogP) is 2.88. The highest BCUT2D eigenvalue weighted by Crippen LogP contribution is 2.22. The quantitative estimate of drug-likeness (QED) is 0.768. The number of carbonyl (C=O) groups excluding carboxylic acids is 1. The molecule has 0 aliphatic heterocycles. The topological polar surface area (TPSA) is 105 Å². The van der Waals surface area contributed by atoms with Crippen LogP contribution in [0.1, 0.15) is 38.8 Å². The summed E-state index contributed by atoms with van der Waals surface area (Å²) >= 11 is 4.45. The zero-order chi connectivity index (χ0) is 15.6. The molecule has 0 saturated carbocycles. The van der Waals surface area contributed by atoms with Gasteiger partial charge < -0.3 is 16.2 Å². The minimum Gasteiger partial charge on any atom is -0.478 e. The lowest BCUT2D eigenvalue weighted by molar-refractivity contribution is 0.0695. The van der Waals surface area contributed by atoms with Crippen LogP contribution in [0.5, 0.6) is 0 Å². The standard InChI is InChI=1S/C13H12BrN3O3S/c1-6(15)12-17-10(5-21-12)11(18)16-7-2-3-9(14)8(4-7)13(19)20/h2-6H,15H2,1H3,(H,16,18)(H,19,20). The minimum atomic E-state index is -1.08. The average Bonchev–Trinajstić information content (AvgIpc) is 2.90. The van der Waals surface area contributed by atoms with Crippen LogP contribution >= 0.6 is 27.3 Å². The number of carboxylic acid groups (broad SMARTS) is 1. The normalized spacial score (nSPS) is 12.0. The molecule has 1 amide bonds. The van der Waals surface area contributed by atoms with Crippen molar-refractivity contribution in [2.75, 3.05) is 5.32 Å². The SMILES string of the molecule is CC(N)c1nc(C(=O)Nc2ccc(Br)c(C(=O)O)c2)cs1. The van der Waals surface area contributed by atoms with Crippen LogP contribution in [0, 0.1) is 0 Å². The summed E-state index contributed by atoms with van der Waals surface area (Å²) in [6, 6.07) is 4.31. The highest BCUT2D eigenvalue weighted by Gasteiger charge is 2.14. The van der Waals surface area contributed by atoms with E-state index in [0.29, 0.717) is 15.2 Å². The molecule has 2 aromatic rings. The number of thiazole rings is 1. The molecular formula is C13H12BrN3O3S. The smallest absolute Gasteiger partial charge is 0.336 e. The summed E-state index contributed by atoms with van der Waals surface area (Å²) in [6.07, 6.45) is 0. The van der Waals surface area contributed by atoms with E-state index in [-0.39, 0.29) is 17.3 Å². The molecule has 110 valence electrons. The number of benzene rings is 1. The molecule has 6 nitrogen and oxygen atoms in total. The Labute approximate surface area is 133 Å². The van der Waals surface area contributed by atoms with Crippen LogP contribution in [0.15, 0.2) is 28.1 Å². The number of anilines is 1. The van der Waals surface area contributed by atoms with Crippen LogP contribution < -0.4 is 11.1 Å². The number of nitrogens with two attached hydrogens (primary N) is 1. The number of halogens is 1. The largest absolute Gasteiger partial charge is 0.478 e. The van der Waals surface area contributed by atoms with Gasteiger partial charge in [0.2, 0.25) is 0 Å². The first-order valence-electron chi connectivity index (χ1n) is 5.93. The first-order valence-corrected chi connectivity index (χ1v) is 7.61. The maximum atomic E-state index is 12.0. The van der Waals surface area contributed by atoms with Gasteiger partial charge >= 0.3 is 5.97 Å². The van der Waals surface area contributed by atoms with E-state index >= 15 is 0 Å². The van der Waals surface area contributed by atoms with E-state index in [9.17, 15) is 9.59 Å². The lowest BCUT2D eigenvalue weighted by Crippen LogP contribution is -2.14. The van der Waals surface area contributed by atoms with Crippen LogP contribution in [0.4, 0.5) is 5.69 Å². The van der Waals surface area contributed by atoms with Crippen molar-refractivity contribution in [1.82, 2.24) is 4.98 Å². The molecule has 1 atom stereocenters. The van der Waals surface area contributed by atoms with Gasteiger partial charge in [-0.25, -0.2) is 9.78 Å². The molecule has 1 heterocycles. The first-order chi connectivity index (χ1) is 9.88. The monoisotopic (exact) mass is 369 g/mol. The Hall–Kier alpha value is -1.77. The molecule has 2 rings (SSSR count). The van der Waals surface area contributed by atoms with Gasteiger partial charge in [-0.2, -0.15) is 0 Å².